The molecule has 2 rings (SSSR count). The van der Waals surface area contributed by atoms with Gasteiger partial charge in [-0.15, -0.1) is 11.8 Å². The van der Waals surface area contributed by atoms with Gasteiger partial charge in [0.15, 0.2) is 0 Å². The van der Waals surface area contributed by atoms with Crippen molar-refractivity contribution in [3.05, 3.63) is 30.0 Å². The average molecular weight is 233 g/mol. The normalized spacial score (nSPS) is 17.3. The molecule has 1 fully saturated rings. The lowest BCUT2D eigenvalue weighted by atomic mass is 10.0. The smallest absolute Gasteiger partial charge is 0.0992 e. The van der Waals surface area contributed by atoms with E-state index in [-0.39, 0.29) is 0 Å². The minimum atomic E-state index is 0.787. The molecule has 0 aliphatic heterocycles. The number of nitrogens with zero attached hydrogens (tertiary/aromatic N) is 1. The van der Waals surface area contributed by atoms with Crippen LogP contribution in [-0.4, -0.2) is 10.2 Å². The van der Waals surface area contributed by atoms with Crippen LogP contribution >= 0.6 is 11.8 Å². The molecule has 0 saturated heterocycles. The minimum Gasteiger partial charge on any atom is -0.249 e. The van der Waals surface area contributed by atoms with E-state index in [9.17, 15) is 0 Å². The highest BCUT2D eigenvalue weighted by Gasteiger charge is 2.16. The molecule has 0 N–H and O–H groups in total. The number of pyridine rings is 1. The fourth-order valence-electron chi connectivity index (χ4n) is 2.16. The van der Waals surface area contributed by atoms with E-state index in [2.05, 4.69) is 24.6 Å². The second-order valence-electron chi connectivity index (χ2n) is 4.47. The third kappa shape index (κ3) is 2.88. The van der Waals surface area contributed by atoms with Crippen LogP contribution in [0.1, 0.15) is 43.2 Å². The van der Waals surface area contributed by atoms with Crippen molar-refractivity contribution in [3.8, 4) is 0 Å². The summed E-state index contributed by atoms with van der Waals surface area (Å²) in [6.45, 7) is 5.91. The van der Waals surface area contributed by atoms with Gasteiger partial charge in [0.05, 0.1) is 5.03 Å². The number of rotatable bonds is 3. The van der Waals surface area contributed by atoms with Gasteiger partial charge in [0.25, 0.3) is 0 Å². The summed E-state index contributed by atoms with van der Waals surface area (Å²) in [5.74, 6) is 0. The molecule has 1 saturated carbocycles. The fourth-order valence-corrected chi connectivity index (χ4v) is 3.40. The third-order valence-corrected chi connectivity index (χ3v) is 4.57. The van der Waals surface area contributed by atoms with Crippen molar-refractivity contribution in [3.63, 3.8) is 0 Å². The van der Waals surface area contributed by atoms with E-state index in [0.717, 1.165) is 10.8 Å². The Kier molecular flexibility index (Phi) is 4.05. The van der Waals surface area contributed by atoms with Crippen molar-refractivity contribution < 1.29 is 0 Å². The van der Waals surface area contributed by atoms with E-state index in [4.69, 9.17) is 0 Å². The van der Waals surface area contributed by atoms with Crippen molar-refractivity contribution in [2.45, 2.75) is 49.3 Å². The van der Waals surface area contributed by atoms with Crippen LogP contribution in [0.15, 0.2) is 23.9 Å². The maximum atomic E-state index is 4.53. The van der Waals surface area contributed by atoms with Gasteiger partial charge in [-0.05, 0) is 37.0 Å². The van der Waals surface area contributed by atoms with E-state index < -0.39 is 0 Å². The van der Waals surface area contributed by atoms with Gasteiger partial charge >= 0.3 is 0 Å². The van der Waals surface area contributed by atoms with Crippen molar-refractivity contribution in [2.24, 2.45) is 0 Å². The lowest BCUT2D eigenvalue weighted by Crippen LogP contribution is -2.08. The van der Waals surface area contributed by atoms with Crippen molar-refractivity contribution in [2.75, 3.05) is 0 Å². The van der Waals surface area contributed by atoms with Crippen LogP contribution in [0.3, 0.4) is 0 Å². The summed E-state index contributed by atoms with van der Waals surface area (Å²) in [7, 11) is 0. The third-order valence-electron chi connectivity index (χ3n) is 3.12. The van der Waals surface area contributed by atoms with E-state index in [1.165, 1.54) is 42.7 Å². The summed E-state index contributed by atoms with van der Waals surface area (Å²) in [6, 6.07) is 2.17. The standard InChI is InChI=1S/C14H19NS/c1-3-12-9-11(2)14(15-10-12)16-13-7-5-4-6-8-13/h3,9-10,13H,1,4-8H2,2H3. The zero-order chi connectivity index (χ0) is 11.4. The first-order valence-electron chi connectivity index (χ1n) is 6.05. The highest BCUT2D eigenvalue weighted by atomic mass is 32.2. The Morgan fingerprint density at radius 2 is 2.12 bits per heavy atom. The summed E-state index contributed by atoms with van der Waals surface area (Å²) < 4.78 is 0. The molecule has 1 aromatic heterocycles. The highest BCUT2D eigenvalue weighted by molar-refractivity contribution is 7.99. The Morgan fingerprint density at radius 1 is 1.38 bits per heavy atom. The number of hydrogen-bond donors (Lipinski definition) is 0. The predicted molar refractivity (Wildman–Crippen MR) is 71.8 cm³/mol. The summed E-state index contributed by atoms with van der Waals surface area (Å²) >= 11 is 1.96. The molecule has 16 heavy (non-hydrogen) atoms. The highest BCUT2D eigenvalue weighted by Crippen LogP contribution is 2.34. The van der Waals surface area contributed by atoms with Crippen molar-refractivity contribution in [1.29, 1.82) is 0 Å². The second kappa shape index (κ2) is 5.53. The van der Waals surface area contributed by atoms with Crippen LogP contribution in [0.5, 0.6) is 0 Å². The van der Waals surface area contributed by atoms with Crippen LogP contribution in [0.2, 0.25) is 0 Å². The molecule has 1 heterocycles. The molecule has 0 atom stereocenters. The molecule has 1 aromatic rings. The summed E-state index contributed by atoms with van der Waals surface area (Å²) in [6.07, 6.45) is 10.7. The van der Waals surface area contributed by atoms with Crippen molar-refractivity contribution >= 4 is 17.8 Å². The molecule has 1 aliphatic rings. The Labute approximate surface area is 102 Å². The van der Waals surface area contributed by atoms with E-state index in [1.54, 1.807) is 0 Å². The topological polar surface area (TPSA) is 12.9 Å². The zero-order valence-corrected chi connectivity index (χ0v) is 10.7. The number of hydrogen-bond acceptors (Lipinski definition) is 2. The van der Waals surface area contributed by atoms with E-state index in [0.29, 0.717) is 0 Å². The maximum absolute atomic E-state index is 4.53. The average Bonchev–Trinajstić information content (AvgIpc) is 2.33. The van der Waals surface area contributed by atoms with Crippen LogP contribution in [0.25, 0.3) is 6.08 Å². The first-order chi connectivity index (χ1) is 7.79. The number of thioether (sulfide) groups is 1. The molecule has 0 bridgehead atoms. The van der Waals surface area contributed by atoms with Gasteiger partial charge in [-0.1, -0.05) is 31.9 Å². The lowest BCUT2D eigenvalue weighted by molar-refractivity contribution is 0.515. The monoisotopic (exact) mass is 233 g/mol. The Balaban J connectivity index is 2.05. The largest absolute Gasteiger partial charge is 0.249 e. The molecule has 0 aromatic carbocycles. The molecule has 0 unspecified atom stereocenters. The van der Waals surface area contributed by atoms with E-state index >= 15 is 0 Å². The van der Waals surface area contributed by atoms with Crippen molar-refractivity contribution in [1.82, 2.24) is 4.98 Å². The van der Waals surface area contributed by atoms with Gasteiger partial charge in [0.2, 0.25) is 0 Å². The molecule has 0 spiro atoms. The lowest BCUT2D eigenvalue weighted by Gasteiger charge is -2.21. The Bertz CT molecular complexity index is 367. The predicted octanol–water partition coefficient (Wildman–Crippen LogP) is 4.46. The maximum Gasteiger partial charge on any atom is 0.0992 e. The molecule has 1 nitrogen and oxygen atoms in total. The fraction of sp³-hybridized carbons (Fsp3) is 0.500. The second-order valence-corrected chi connectivity index (χ2v) is 5.76. The molecular weight excluding hydrogens is 214 g/mol. The van der Waals surface area contributed by atoms with Gasteiger partial charge in [0.1, 0.15) is 0 Å². The number of aromatic nitrogens is 1. The summed E-state index contributed by atoms with van der Waals surface area (Å²) in [5.41, 5.74) is 2.40. The van der Waals surface area contributed by atoms with Gasteiger partial charge in [0, 0.05) is 11.4 Å². The SMILES string of the molecule is C=Cc1cnc(SC2CCCCC2)c(C)c1. The van der Waals surface area contributed by atoms with Crippen LogP contribution in [0.4, 0.5) is 0 Å². The summed E-state index contributed by atoms with van der Waals surface area (Å²) in [4.78, 5) is 4.53. The van der Waals surface area contributed by atoms with Crippen LogP contribution in [-0.2, 0) is 0 Å². The molecule has 2 heteroatoms. The van der Waals surface area contributed by atoms with Gasteiger partial charge in [-0.3, -0.25) is 0 Å². The minimum absolute atomic E-state index is 0.787. The molecule has 86 valence electrons. The zero-order valence-electron chi connectivity index (χ0n) is 9.91. The Morgan fingerprint density at radius 3 is 2.75 bits per heavy atom. The molecular formula is C14H19NS. The first kappa shape index (κ1) is 11.7. The van der Waals surface area contributed by atoms with Gasteiger partial charge in [-0.2, -0.15) is 0 Å². The van der Waals surface area contributed by atoms with E-state index in [1.807, 2.05) is 24.0 Å². The first-order valence-corrected chi connectivity index (χ1v) is 6.93. The quantitative estimate of drug-likeness (QED) is 0.764. The summed E-state index contributed by atoms with van der Waals surface area (Å²) in [5, 5.41) is 1.99. The molecule has 0 amide bonds. The Hall–Kier alpha value is -0.760. The molecule has 1 aliphatic carbocycles. The molecule has 0 radical (unpaired) electrons. The van der Waals surface area contributed by atoms with Crippen LogP contribution < -0.4 is 0 Å². The van der Waals surface area contributed by atoms with Crippen LogP contribution in [0, 0.1) is 6.92 Å². The van der Waals surface area contributed by atoms with Gasteiger partial charge < -0.3 is 0 Å². The van der Waals surface area contributed by atoms with Gasteiger partial charge in [-0.25, -0.2) is 4.98 Å². The number of aryl methyl sites for hydroxylation is 1.